The number of unbranched alkanes of at least 4 members (excludes halogenated alkanes) is 7. The second kappa shape index (κ2) is 19.9. The second-order valence-electron chi connectivity index (χ2n) is 5.90. The minimum absolute atomic E-state index is 0.391. The van der Waals surface area contributed by atoms with Crippen molar-refractivity contribution in [2.24, 2.45) is 5.41 Å². The first-order valence-electron chi connectivity index (χ1n) is 8.53. The average Bonchev–Trinajstić information content (AvgIpc) is 2.60. The van der Waals surface area contributed by atoms with Crippen molar-refractivity contribution in [3.05, 3.63) is 0 Å². The van der Waals surface area contributed by atoms with E-state index in [-0.39, 0.29) is 0 Å². The molecule has 9 heteroatoms. The van der Waals surface area contributed by atoms with Crippen LogP contribution in [0.1, 0.15) is 64.7 Å². The Labute approximate surface area is 149 Å². The van der Waals surface area contributed by atoms with Gasteiger partial charge in [0, 0.05) is 0 Å². The van der Waals surface area contributed by atoms with Gasteiger partial charge in [0.25, 0.3) is 0 Å². The van der Waals surface area contributed by atoms with Crippen LogP contribution in [0, 0.1) is 5.41 Å². The third-order valence-electron chi connectivity index (χ3n) is 4.07. The second-order valence-corrected chi connectivity index (χ2v) is 7.08. The molecule has 0 bridgehead atoms. The molecule has 0 saturated carbocycles. The van der Waals surface area contributed by atoms with E-state index in [1.54, 1.807) is 0 Å². The van der Waals surface area contributed by atoms with Crippen LogP contribution in [0.25, 0.3) is 0 Å². The molecule has 148 valence electrons. The molecule has 0 fully saturated rings. The zero-order valence-electron chi connectivity index (χ0n) is 14.7. The van der Waals surface area contributed by atoms with E-state index >= 15 is 0 Å². The van der Waals surface area contributed by atoms with E-state index in [1.807, 2.05) is 0 Å². The van der Waals surface area contributed by atoms with Crippen molar-refractivity contribution >= 4 is 18.1 Å². The predicted octanol–water partition coefficient (Wildman–Crippen LogP) is 1.85. The lowest BCUT2D eigenvalue weighted by Crippen LogP contribution is -2.45. The van der Waals surface area contributed by atoms with E-state index < -0.39 is 49.4 Å². The Morgan fingerprint density at radius 3 is 1.54 bits per heavy atom. The van der Waals surface area contributed by atoms with Gasteiger partial charge in [-0.2, -0.15) is 0 Å². The average molecular weight is 390 g/mol. The van der Waals surface area contributed by atoms with Crippen LogP contribution in [0.4, 0.5) is 0 Å². The maximum Gasteiger partial charge on any atom is 0.158 e. The summed E-state index contributed by atoms with van der Waals surface area (Å²) in [6.07, 6.45) is 9.18. The summed E-state index contributed by atoms with van der Waals surface area (Å²) >= 11 is 0. The molecule has 7 nitrogen and oxygen atoms in total. The molecular formula is C15H36O7P2. The standard InChI is InChI=1S/C15H32O4.H4O3P2/c1-2-3-4-5-6-7-8-9-10-14(19)15(11-16,12-17)13-18;1-4-3-5-2/h14,16-19H,2-13H2,1H3;1-2,4-5H. The highest BCUT2D eigenvalue weighted by Crippen LogP contribution is 2.24. The highest BCUT2D eigenvalue weighted by atomic mass is 31.2. The molecule has 0 aromatic rings. The number of rotatable bonds is 15. The summed E-state index contributed by atoms with van der Waals surface area (Å²) in [6, 6.07) is 0. The van der Waals surface area contributed by atoms with Crippen LogP contribution in [0.2, 0.25) is 0 Å². The van der Waals surface area contributed by atoms with Crippen LogP contribution >= 0.6 is 18.1 Å². The first-order chi connectivity index (χ1) is 11.6. The van der Waals surface area contributed by atoms with E-state index in [0.29, 0.717) is 6.42 Å². The number of aliphatic hydroxyl groups is 4. The van der Waals surface area contributed by atoms with E-state index in [1.165, 1.54) is 38.5 Å². The van der Waals surface area contributed by atoms with Crippen LogP contribution in [-0.2, 0) is 4.31 Å². The highest BCUT2D eigenvalue weighted by Gasteiger charge is 2.35. The molecule has 0 aliphatic heterocycles. The van der Waals surface area contributed by atoms with Crippen LogP contribution in [0.3, 0.4) is 0 Å². The molecule has 0 radical (unpaired) electrons. The number of hydrogen-bond acceptors (Lipinski definition) is 7. The van der Waals surface area contributed by atoms with Crippen molar-refractivity contribution in [3.8, 4) is 0 Å². The van der Waals surface area contributed by atoms with Gasteiger partial charge >= 0.3 is 0 Å². The first kappa shape index (κ1) is 26.8. The van der Waals surface area contributed by atoms with Gasteiger partial charge in [0.05, 0.1) is 31.3 Å². The third kappa shape index (κ3) is 13.8. The fourth-order valence-electron chi connectivity index (χ4n) is 2.26. The monoisotopic (exact) mass is 390 g/mol. The van der Waals surface area contributed by atoms with E-state index in [4.69, 9.17) is 9.79 Å². The van der Waals surface area contributed by atoms with Crippen molar-refractivity contribution in [1.82, 2.24) is 0 Å². The molecule has 0 aromatic carbocycles. The van der Waals surface area contributed by atoms with Crippen LogP contribution in [0.15, 0.2) is 0 Å². The lowest BCUT2D eigenvalue weighted by Gasteiger charge is -2.32. The third-order valence-corrected chi connectivity index (χ3v) is 4.80. The zero-order chi connectivity index (χ0) is 18.7. The van der Waals surface area contributed by atoms with Crippen molar-refractivity contribution in [3.63, 3.8) is 0 Å². The van der Waals surface area contributed by atoms with Gasteiger partial charge in [-0.3, -0.25) is 4.31 Å². The Balaban J connectivity index is 0. The Morgan fingerprint density at radius 2 is 1.21 bits per heavy atom. The van der Waals surface area contributed by atoms with Gasteiger partial charge in [-0.25, -0.2) is 0 Å². The molecule has 0 aliphatic rings. The summed E-state index contributed by atoms with van der Waals surface area (Å²) in [5, 5.41) is 37.5. The van der Waals surface area contributed by atoms with Gasteiger partial charge in [-0.05, 0) is 6.42 Å². The van der Waals surface area contributed by atoms with E-state index in [9.17, 15) is 20.4 Å². The summed E-state index contributed by atoms with van der Waals surface area (Å²) in [7, 11) is -1.16. The SMILES string of the molecule is CCCCCCCCCCC(O)C(CO)(CO)CO.OPOPO. The summed E-state index contributed by atoms with van der Waals surface area (Å²) in [6.45, 7) is 1.03. The smallest absolute Gasteiger partial charge is 0.158 e. The van der Waals surface area contributed by atoms with E-state index in [2.05, 4.69) is 11.2 Å². The Kier molecular flexibility index (Phi) is 22.2. The molecule has 3 atom stereocenters. The Bertz CT molecular complexity index is 234. The molecule has 0 heterocycles. The molecule has 6 N–H and O–H groups in total. The van der Waals surface area contributed by atoms with Crippen molar-refractivity contribution in [1.29, 1.82) is 0 Å². The summed E-state index contributed by atoms with van der Waals surface area (Å²) in [5.74, 6) is 0. The van der Waals surface area contributed by atoms with Gasteiger partial charge in [0.15, 0.2) is 18.1 Å². The van der Waals surface area contributed by atoms with Crippen molar-refractivity contribution < 1.29 is 34.5 Å². The largest absolute Gasteiger partial charge is 0.396 e. The van der Waals surface area contributed by atoms with Gasteiger partial charge in [-0.1, -0.05) is 58.3 Å². The molecule has 0 aliphatic carbocycles. The molecule has 0 spiro atoms. The van der Waals surface area contributed by atoms with Crippen molar-refractivity contribution in [2.45, 2.75) is 70.8 Å². The van der Waals surface area contributed by atoms with Crippen LogP contribution in [-0.4, -0.2) is 56.1 Å². The van der Waals surface area contributed by atoms with Gasteiger partial charge in [0.2, 0.25) is 0 Å². The van der Waals surface area contributed by atoms with Gasteiger partial charge in [-0.15, -0.1) is 0 Å². The van der Waals surface area contributed by atoms with Crippen molar-refractivity contribution in [2.75, 3.05) is 19.8 Å². The molecular weight excluding hydrogens is 354 g/mol. The zero-order valence-corrected chi connectivity index (χ0v) is 16.7. The molecule has 0 rings (SSSR count). The minimum Gasteiger partial charge on any atom is -0.396 e. The lowest BCUT2D eigenvalue weighted by molar-refractivity contribution is -0.0863. The Morgan fingerprint density at radius 1 is 0.792 bits per heavy atom. The predicted molar refractivity (Wildman–Crippen MR) is 99.1 cm³/mol. The van der Waals surface area contributed by atoms with Crippen LogP contribution in [0.5, 0.6) is 0 Å². The molecule has 24 heavy (non-hydrogen) atoms. The van der Waals surface area contributed by atoms with E-state index in [0.717, 1.165) is 12.8 Å². The lowest BCUT2D eigenvalue weighted by atomic mass is 9.82. The van der Waals surface area contributed by atoms with Gasteiger partial charge < -0.3 is 30.2 Å². The fourth-order valence-corrected chi connectivity index (χ4v) is 2.43. The highest BCUT2D eigenvalue weighted by molar-refractivity contribution is 7.39. The summed E-state index contributed by atoms with van der Waals surface area (Å²) in [4.78, 5) is 15.4. The summed E-state index contributed by atoms with van der Waals surface area (Å²) in [5.41, 5.74) is -1.15. The normalized spacial score (nSPS) is 13.6. The molecule has 0 aromatic heterocycles. The number of aliphatic hydroxyl groups excluding tert-OH is 4. The van der Waals surface area contributed by atoms with Crippen LogP contribution < -0.4 is 0 Å². The maximum absolute atomic E-state index is 9.95. The number of hydrogen-bond donors (Lipinski definition) is 6. The Hall–Kier alpha value is 0.580. The molecule has 0 amide bonds. The first-order valence-corrected chi connectivity index (χ1v) is 10.2. The quantitative estimate of drug-likeness (QED) is 0.186. The minimum atomic E-state index is -1.15. The maximum atomic E-state index is 9.95. The summed E-state index contributed by atoms with van der Waals surface area (Å²) < 4.78 is 4.00. The molecule has 3 unspecified atom stereocenters. The molecule has 0 saturated heterocycles. The fraction of sp³-hybridized carbons (Fsp3) is 1.00. The van der Waals surface area contributed by atoms with Gasteiger partial charge in [0.1, 0.15) is 0 Å². The topological polar surface area (TPSA) is 131 Å².